The average Bonchev–Trinajstić information content (AvgIpc) is 2.46. The molecule has 1 heteroatoms. The predicted molar refractivity (Wildman–Crippen MR) is 62.3 cm³/mol. The van der Waals surface area contributed by atoms with E-state index in [0.29, 0.717) is 0 Å². The summed E-state index contributed by atoms with van der Waals surface area (Å²) in [7, 11) is 0. The Hall–Kier alpha value is -0.820. The molecule has 0 saturated carbocycles. The van der Waals surface area contributed by atoms with E-state index in [0.717, 1.165) is 0 Å². The average molecular weight is 192 g/mol. The molecular formula is C12H16S. The molecule has 0 atom stereocenters. The van der Waals surface area contributed by atoms with Gasteiger partial charge in [-0.2, -0.15) is 0 Å². The Labute approximate surface area is 84.6 Å². The van der Waals surface area contributed by atoms with Gasteiger partial charge < -0.3 is 0 Å². The van der Waals surface area contributed by atoms with Crippen molar-refractivity contribution in [2.45, 2.75) is 26.7 Å². The van der Waals surface area contributed by atoms with E-state index >= 15 is 0 Å². The van der Waals surface area contributed by atoms with E-state index in [4.69, 9.17) is 0 Å². The smallest absolute Gasteiger partial charge is 0.00523 e. The van der Waals surface area contributed by atoms with Crippen molar-refractivity contribution < 1.29 is 0 Å². The lowest BCUT2D eigenvalue weighted by Crippen LogP contribution is -1.85. The van der Waals surface area contributed by atoms with Crippen molar-refractivity contribution in [2.24, 2.45) is 0 Å². The van der Waals surface area contributed by atoms with E-state index in [-0.39, 0.29) is 0 Å². The maximum Gasteiger partial charge on any atom is 0.00523 e. The SMILES string of the molecule is C=C/C=C\c1csc(C)c1CCC. The summed E-state index contributed by atoms with van der Waals surface area (Å²) < 4.78 is 0. The van der Waals surface area contributed by atoms with Crippen LogP contribution >= 0.6 is 11.3 Å². The van der Waals surface area contributed by atoms with E-state index in [1.807, 2.05) is 23.5 Å². The highest BCUT2D eigenvalue weighted by Gasteiger charge is 2.03. The second-order valence-corrected chi connectivity index (χ2v) is 4.15. The molecule has 1 heterocycles. The maximum atomic E-state index is 3.67. The largest absolute Gasteiger partial charge is 0.148 e. The quantitative estimate of drug-likeness (QED) is 0.627. The van der Waals surface area contributed by atoms with Gasteiger partial charge in [0.2, 0.25) is 0 Å². The van der Waals surface area contributed by atoms with Crippen LogP contribution in [0.15, 0.2) is 24.1 Å². The zero-order valence-corrected chi connectivity index (χ0v) is 9.16. The van der Waals surface area contributed by atoms with Crippen molar-refractivity contribution in [1.82, 2.24) is 0 Å². The molecule has 0 spiro atoms. The molecule has 0 fully saturated rings. The molecule has 70 valence electrons. The lowest BCUT2D eigenvalue weighted by Gasteiger charge is -1.98. The molecule has 0 amide bonds. The summed E-state index contributed by atoms with van der Waals surface area (Å²) in [5.74, 6) is 0. The van der Waals surface area contributed by atoms with Gasteiger partial charge in [0.15, 0.2) is 0 Å². The molecule has 0 aliphatic rings. The lowest BCUT2D eigenvalue weighted by molar-refractivity contribution is 0.918. The van der Waals surface area contributed by atoms with Crippen molar-refractivity contribution in [3.8, 4) is 0 Å². The maximum absolute atomic E-state index is 3.67. The minimum Gasteiger partial charge on any atom is -0.148 e. The number of thiophene rings is 1. The minimum atomic E-state index is 1.19. The third kappa shape index (κ3) is 2.56. The van der Waals surface area contributed by atoms with Crippen molar-refractivity contribution in [3.05, 3.63) is 40.1 Å². The second-order valence-electron chi connectivity index (χ2n) is 3.07. The second kappa shape index (κ2) is 5.03. The van der Waals surface area contributed by atoms with Crippen molar-refractivity contribution in [3.63, 3.8) is 0 Å². The molecule has 1 aromatic heterocycles. The fourth-order valence-electron chi connectivity index (χ4n) is 1.38. The van der Waals surface area contributed by atoms with Crippen molar-refractivity contribution >= 4 is 17.4 Å². The first-order chi connectivity index (χ1) is 6.29. The summed E-state index contributed by atoms with van der Waals surface area (Å²) >= 11 is 1.84. The molecule has 1 rings (SSSR count). The Morgan fingerprint density at radius 1 is 1.54 bits per heavy atom. The fourth-order valence-corrected chi connectivity index (χ4v) is 2.27. The molecule has 13 heavy (non-hydrogen) atoms. The van der Waals surface area contributed by atoms with E-state index < -0.39 is 0 Å². The van der Waals surface area contributed by atoms with E-state index in [2.05, 4.69) is 31.9 Å². The Bertz CT molecular complexity index is 305. The van der Waals surface area contributed by atoms with Crippen LogP contribution in [0.5, 0.6) is 0 Å². The Balaban J connectivity index is 2.92. The molecule has 0 aliphatic carbocycles. The molecule has 0 bridgehead atoms. The third-order valence-electron chi connectivity index (χ3n) is 2.05. The van der Waals surface area contributed by atoms with Crippen LogP contribution in [-0.2, 0) is 6.42 Å². The minimum absolute atomic E-state index is 1.19. The van der Waals surface area contributed by atoms with Gasteiger partial charge in [0.25, 0.3) is 0 Å². The monoisotopic (exact) mass is 192 g/mol. The molecule has 0 unspecified atom stereocenters. The highest BCUT2D eigenvalue weighted by atomic mass is 32.1. The van der Waals surface area contributed by atoms with Gasteiger partial charge in [-0.15, -0.1) is 11.3 Å². The topological polar surface area (TPSA) is 0 Å². The van der Waals surface area contributed by atoms with E-state index in [1.165, 1.54) is 28.8 Å². The molecular weight excluding hydrogens is 176 g/mol. The Morgan fingerprint density at radius 2 is 2.31 bits per heavy atom. The molecule has 0 aromatic carbocycles. The number of hydrogen-bond donors (Lipinski definition) is 0. The highest BCUT2D eigenvalue weighted by molar-refractivity contribution is 7.10. The third-order valence-corrected chi connectivity index (χ3v) is 3.02. The normalized spacial score (nSPS) is 10.9. The van der Waals surface area contributed by atoms with Gasteiger partial charge in [-0.1, -0.05) is 38.2 Å². The summed E-state index contributed by atoms with van der Waals surface area (Å²) in [5, 5.41) is 2.22. The van der Waals surface area contributed by atoms with Crippen molar-refractivity contribution in [2.75, 3.05) is 0 Å². The van der Waals surface area contributed by atoms with E-state index in [9.17, 15) is 0 Å². The molecule has 1 aromatic rings. The van der Waals surface area contributed by atoms with Gasteiger partial charge in [0.05, 0.1) is 0 Å². The molecule has 0 saturated heterocycles. The zero-order chi connectivity index (χ0) is 9.68. The zero-order valence-electron chi connectivity index (χ0n) is 8.34. The first-order valence-corrected chi connectivity index (χ1v) is 5.53. The van der Waals surface area contributed by atoms with Crippen LogP contribution in [0.4, 0.5) is 0 Å². The van der Waals surface area contributed by atoms with Gasteiger partial charge in [-0.3, -0.25) is 0 Å². The van der Waals surface area contributed by atoms with Crippen LogP contribution in [0.1, 0.15) is 29.3 Å². The number of aryl methyl sites for hydroxylation is 1. The summed E-state index contributed by atoms with van der Waals surface area (Å²) in [5.41, 5.74) is 2.87. The summed E-state index contributed by atoms with van der Waals surface area (Å²) in [4.78, 5) is 1.45. The molecule has 0 N–H and O–H groups in total. The fraction of sp³-hybridized carbons (Fsp3) is 0.333. The van der Waals surface area contributed by atoms with Crippen LogP contribution < -0.4 is 0 Å². The van der Waals surface area contributed by atoms with Gasteiger partial charge in [-0.25, -0.2) is 0 Å². The number of rotatable bonds is 4. The summed E-state index contributed by atoms with van der Waals surface area (Å²) in [6.07, 6.45) is 8.36. The Kier molecular flexibility index (Phi) is 3.97. The van der Waals surface area contributed by atoms with Gasteiger partial charge in [0, 0.05) is 4.88 Å². The molecule has 0 nitrogen and oxygen atoms in total. The van der Waals surface area contributed by atoms with Crippen LogP contribution in [-0.4, -0.2) is 0 Å². The Morgan fingerprint density at radius 3 is 2.92 bits per heavy atom. The van der Waals surface area contributed by atoms with Crippen LogP contribution in [0, 0.1) is 6.92 Å². The van der Waals surface area contributed by atoms with Crippen LogP contribution in [0.3, 0.4) is 0 Å². The highest BCUT2D eigenvalue weighted by Crippen LogP contribution is 2.24. The first kappa shape index (κ1) is 10.3. The van der Waals surface area contributed by atoms with Gasteiger partial charge in [-0.05, 0) is 29.9 Å². The summed E-state index contributed by atoms with van der Waals surface area (Å²) in [6, 6.07) is 0. The van der Waals surface area contributed by atoms with Crippen LogP contribution in [0.25, 0.3) is 6.08 Å². The van der Waals surface area contributed by atoms with Crippen LogP contribution in [0.2, 0.25) is 0 Å². The first-order valence-electron chi connectivity index (χ1n) is 4.65. The predicted octanol–water partition coefficient (Wildman–Crippen LogP) is 4.21. The molecule has 0 aliphatic heterocycles. The number of allylic oxidation sites excluding steroid dienone is 2. The lowest BCUT2D eigenvalue weighted by atomic mass is 10.1. The van der Waals surface area contributed by atoms with E-state index in [1.54, 1.807) is 0 Å². The summed E-state index contributed by atoms with van der Waals surface area (Å²) in [6.45, 7) is 8.09. The standard InChI is InChI=1S/C12H16S/c1-4-6-8-11-9-13-10(3)12(11)7-5-2/h4,6,8-9H,1,5,7H2,2-3H3/b8-6-. The van der Waals surface area contributed by atoms with Gasteiger partial charge in [0.1, 0.15) is 0 Å². The number of hydrogen-bond acceptors (Lipinski definition) is 1. The van der Waals surface area contributed by atoms with Crippen molar-refractivity contribution in [1.29, 1.82) is 0 Å². The molecule has 0 radical (unpaired) electrons. The van der Waals surface area contributed by atoms with Gasteiger partial charge >= 0.3 is 0 Å².